The molecule has 0 aliphatic rings. The van der Waals surface area contributed by atoms with Crippen LogP contribution in [0.1, 0.15) is 24.2 Å². The Hall–Kier alpha value is -1.13. The van der Waals surface area contributed by atoms with E-state index in [1.807, 2.05) is 11.6 Å². The van der Waals surface area contributed by atoms with Gasteiger partial charge in [0, 0.05) is 5.38 Å². The highest BCUT2D eigenvalue weighted by Crippen LogP contribution is 2.18. The number of furan rings is 1. The fourth-order valence-electron chi connectivity index (χ4n) is 1.57. The number of hydrogen-bond donors (Lipinski definition) is 1. The lowest BCUT2D eigenvalue weighted by molar-refractivity contribution is 0.527. The van der Waals surface area contributed by atoms with Crippen molar-refractivity contribution in [2.45, 2.75) is 19.4 Å². The number of hydrogen-bond acceptors (Lipinski definition) is 4. The van der Waals surface area contributed by atoms with Crippen LogP contribution in [0.2, 0.25) is 0 Å². The van der Waals surface area contributed by atoms with E-state index >= 15 is 0 Å². The molecule has 0 bridgehead atoms. The number of nitrogens with zero attached hydrogens (tertiary/aromatic N) is 1. The van der Waals surface area contributed by atoms with Crippen molar-refractivity contribution in [3.05, 3.63) is 40.7 Å². The van der Waals surface area contributed by atoms with E-state index in [1.165, 1.54) is 5.56 Å². The highest BCUT2D eigenvalue weighted by Gasteiger charge is 2.13. The van der Waals surface area contributed by atoms with Crippen LogP contribution in [0.15, 0.2) is 33.9 Å². The highest BCUT2D eigenvalue weighted by molar-refractivity contribution is 7.07. The van der Waals surface area contributed by atoms with E-state index in [0.29, 0.717) is 6.04 Å². The molecule has 1 N–H and O–H groups in total. The van der Waals surface area contributed by atoms with Crippen molar-refractivity contribution in [1.29, 1.82) is 0 Å². The second kappa shape index (κ2) is 5.09. The van der Waals surface area contributed by atoms with Gasteiger partial charge in [-0.15, -0.1) is 11.3 Å². The van der Waals surface area contributed by atoms with Crippen molar-refractivity contribution < 1.29 is 4.42 Å². The van der Waals surface area contributed by atoms with Gasteiger partial charge in [0.05, 0.1) is 29.8 Å². The van der Waals surface area contributed by atoms with Crippen molar-refractivity contribution in [3.8, 4) is 0 Å². The second-order valence-corrected chi connectivity index (χ2v) is 4.08. The predicted octanol–water partition coefficient (Wildman–Crippen LogP) is 2.63. The van der Waals surface area contributed by atoms with Crippen molar-refractivity contribution in [2.75, 3.05) is 6.54 Å². The summed E-state index contributed by atoms with van der Waals surface area (Å²) in [5.41, 5.74) is 4.19. The van der Waals surface area contributed by atoms with Crippen LogP contribution in [0.3, 0.4) is 0 Å². The van der Waals surface area contributed by atoms with Gasteiger partial charge in [0.2, 0.25) is 0 Å². The normalized spacial score (nSPS) is 12.9. The van der Waals surface area contributed by atoms with Crippen LogP contribution < -0.4 is 5.32 Å². The molecule has 0 radical (unpaired) electrons. The molecule has 0 saturated carbocycles. The zero-order valence-electron chi connectivity index (χ0n) is 8.64. The van der Waals surface area contributed by atoms with Gasteiger partial charge in [0.25, 0.3) is 0 Å². The van der Waals surface area contributed by atoms with E-state index in [0.717, 1.165) is 18.7 Å². The van der Waals surface area contributed by atoms with E-state index in [4.69, 9.17) is 4.42 Å². The van der Waals surface area contributed by atoms with Gasteiger partial charge in [-0.05, 0) is 24.6 Å². The van der Waals surface area contributed by atoms with Crippen LogP contribution in [-0.4, -0.2) is 11.5 Å². The summed E-state index contributed by atoms with van der Waals surface area (Å²) in [5, 5.41) is 5.52. The summed E-state index contributed by atoms with van der Waals surface area (Å²) in [7, 11) is 0. The summed E-state index contributed by atoms with van der Waals surface area (Å²) in [6.45, 7) is 3.05. The Balaban J connectivity index is 2.07. The van der Waals surface area contributed by atoms with Gasteiger partial charge < -0.3 is 9.73 Å². The zero-order valence-corrected chi connectivity index (χ0v) is 9.46. The maximum Gasteiger partial charge on any atom is 0.0935 e. The fraction of sp³-hybridized carbons (Fsp3) is 0.364. The Morgan fingerprint density at radius 3 is 3.13 bits per heavy atom. The third kappa shape index (κ3) is 2.67. The van der Waals surface area contributed by atoms with Crippen molar-refractivity contribution in [2.24, 2.45) is 0 Å². The molecule has 1 unspecified atom stereocenters. The molecule has 0 aliphatic carbocycles. The smallest absolute Gasteiger partial charge is 0.0935 e. The van der Waals surface area contributed by atoms with Crippen LogP contribution in [0.25, 0.3) is 0 Å². The van der Waals surface area contributed by atoms with E-state index in [1.54, 1.807) is 23.9 Å². The molecule has 2 aromatic heterocycles. The Morgan fingerprint density at radius 2 is 2.53 bits per heavy atom. The number of thiazole rings is 1. The summed E-state index contributed by atoms with van der Waals surface area (Å²) in [5.74, 6) is 0. The molecule has 0 spiro atoms. The molecule has 1 atom stereocenters. The van der Waals surface area contributed by atoms with Crippen LogP contribution in [0.5, 0.6) is 0 Å². The molecule has 0 aromatic carbocycles. The first kappa shape index (κ1) is 10.4. The molecule has 0 aliphatic heterocycles. The largest absolute Gasteiger partial charge is 0.472 e. The monoisotopic (exact) mass is 222 g/mol. The summed E-state index contributed by atoms with van der Waals surface area (Å²) in [4.78, 5) is 4.34. The molecule has 4 heteroatoms. The van der Waals surface area contributed by atoms with E-state index in [9.17, 15) is 0 Å². The first-order chi connectivity index (χ1) is 7.40. The molecular weight excluding hydrogens is 208 g/mol. The molecule has 2 aromatic rings. The lowest BCUT2D eigenvalue weighted by Gasteiger charge is -2.14. The number of rotatable bonds is 5. The lowest BCUT2D eigenvalue weighted by Crippen LogP contribution is -2.23. The summed E-state index contributed by atoms with van der Waals surface area (Å²) in [6, 6.07) is 2.29. The predicted molar refractivity (Wildman–Crippen MR) is 60.9 cm³/mol. The average molecular weight is 222 g/mol. The van der Waals surface area contributed by atoms with Gasteiger partial charge in [-0.25, -0.2) is 4.98 Å². The van der Waals surface area contributed by atoms with Gasteiger partial charge in [-0.1, -0.05) is 6.92 Å². The molecule has 15 heavy (non-hydrogen) atoms. The molecule has 80 valence electrons. The fourth-order valence-corrected chi connectivity index (χ4v) is 2.17. The molecule has 0 saturated heterocycles. The molecule has 3 nitrogen and oxygen atoms in total. The van der Waals surface area contributed by atoms with E-state index in [-0.39, 0.29) is 0 Å². The topological polar surface area (TPSA) is 38.1 Å². The number of aromatic nitrogens is 1. The average Bonchev–Trinajstić information content (AvgIpc) is 2.89. The minimum Gasteiger partial charge on any atom is -0.472 e. The van der Waals surface area contributed by atoms with E-state index < -0.39 is 0 Å². The standard InChI is InChI=1S/C11H14N2OS/c1-2-12-10(11-7-15-8-13-11)5-9-3-4-14-6-9/h3-4,6-8,10,12H,2,5H2,1H3. The van der Waals surface area contributed by atoms with E-state index in [2.05, 4.69) is 22.6 Å². The van der Waals surface area contributed by atoms with Crippen LogP contribution in [-0.2, 0) is 6.42 Å². The Labute approximate surface area is 93.2 Å². The van der Waals surface area contributed by atoms with Gasteiger partial charge in [-0.3, -0.25) is 0 Å². The van der Waals surface area contributed by atoms with Gasteiger partial charge in [0.15, 0.2) is 0 Å². The van der Waals surface area contributed by atoms with Crippen molar-refractivity contribution in [3.63, 3.8) is 0 Å². The van der Waals surface area contributed by atoms with Crippen molar-refractivity contribution in [1.82, 2.24) is 10.3 Å². The third-order valence-corrected chi connectivity index (χ3v) is 2.88. The molecular formula is C11H14N2OS. The van der Waals surface area contributed by atoms with Crippen LogP contribution in [0.4, 0.5) is 0 Å². The molecule has 0 amide bonds. The maximum absolute atomic E-state index is 5.07. The molecule has 2 rings (SSSR count). The summed E-state index contributed by atoms with van der Waals surface area (Å²) < 4.78 is 5.07. The van der Waals surface area contributed by atoms with Crippen LogP contribution in [0, 0.1) is 0 Å². The Kier molecular flexibility index (Phi) is 3.53. The first-order valence-corrected chi connectivity index (χ1v) is 5.97. The van der Waals surface area contributed by atoms with Gasteiger partial charge >= 0.3 is 0 Å². The highest BCUT2D eigenvalue weighted by atomic mass is 32.1. The van der Waals surface area contributed by atoms with Crippen LogP contribution >= 0.6 is 11.3 Å². The minimum absolute atomic E-state index is 0.291. The summed E-state index contributed by atoms with van der Waals surface area (Å²) >= 11 is 1.63. The van der Waals surface area contributed by atoms with Crippen molar-refractivity contribution >= 4 is 11.3 Å². The SMILES string of the molecule is CCNC(Cc1ccoc1)c1cscn1. The maximum atomic E-state index is 5.07. The number of nitrogens with one attached hydrogen (secondary N) is 1. The molecule has 0 fully saturated rings. The Morgan fingerprint density at radius 1 is 1.60 bits per heavy atom. The Bertz CT molecular complexity index is 369. The quantitative estimate of drug-likeness (QED) is 0.845. The second-order valence-electron chi connectivity index (χ2n) is 3.36. The minimum atomic E-state index is 0.291. The van der Waals surface area contributed by atoms with Gasteiger partial charge in [0.1, 0.15) is 0 Å². The number of likely N-dealkylation sites (N-methyl/N-ethyl adjacent to an activating group) is 1. The first-order valence-electron chi connectivity index (χ1n) is 5.02. The summed E-state index contributed by atoms with van der Waals surface area (Å²) in [6.07, 6.45) is 4.42. The van der Waals surface area contributed by atoms with Gasteiger partial charge in [-0.2, -0.15) is 0 Å². The lowest BCUT2D eigenvalue weighted by atomic mass is 10.1. The zero-order chi connectivity index (χ0) is 10.5. The third-order valence-electron chi connectivity index (χ3n) is 2.28. The molecule has 2 heterocycles.